The molecule has 1 aromatic rings. The normalized spacial score (nSPS) is 25.5. The van der Waals surface area contributed by atoms with E-state index in [2.05, 4.69) is 17.0 Å². The summed E-state index contributed by atoms with van der Waals surface area (Å²) in [7, 11) is 0. The molecule has 2 aliphatic heterocycles. The molecule has 0 unspecified atom stereocenters. The molecule has 3 aliphatic rings. The van der Waals surface area contributed by atoms with Gasteiger partial charge in [0.25, 0.3) is 0 Å². The molecule has 2 heterocycles. The van der Waals surface area contributed by atoms with Crippen molar-refractivity contribution in [1.82, 2.24) is 9.80 Å². The second kappa shape index (κ2) is 7.03. The molecule has 2 saturated heterocycles. The Morgan fingerprint density at radius 3 is 2.42 bits per heavy atom. The Bertz CT molecular complexity index is 663. The Kier molecular flexibility index (Phi) is 4.74. The van der Waals surface area contributed by atoms with E-state index in [4.69, 9.17) is 0 Å². The van der Waals surface area contributed by atoms with Crippen molar-refractivity contribution in [3.8, 4) is 0 Å². The summed E-state index contributed by atoms with van der Waals surface area (Å²) in [4.78, 5) is 28.3. The average Bonchev–Trinajstić information content (AvgIpc) is 3.44. The van der Waals surface area contributed by atoms with Crippen molar-refractivity contribution in [2.75, 3.05) is 26.2 Å². The van der Waals surface area contributed by atoms with E-state index in [9.17, 15) is 14.7 Å². The molecule has 1 N–H and O–H groups in total. The van der Waals surface area contributed by atoms with Crippen LogP contribution in [0.3, 0.4) is 0 Å². The second-order valence-electron chi connectivity index (χ2n) is 8.36. The number of benzene rings is 1. The predicted molar refractivity (Wildman–Crippen MR) is 98.7 cm³/mol. The number of hydrogen-bond acceptors (Lipinski definition) is 3. The van der Waals surface area contributed by atoms with Crippen molar-refractivity contribution in [2.24, 2.45) is 11.3 Å². The lowest BCUT2D eigenvalue weighted by molar-refractivity contribution is -0.142. The molecule has 5 nitrogen and oxygen atoms in total. The van der Waals surface area contributed by atoms with E-state index in [0.717, 1.165) is 64.7 Å². The van der Waals surface area contributed by atoms with Gasteiger partial charge in [-0.05, 0) is 49.5 Å². The van der Waals surface area contributed by atoms with Gasteiger partial charge >= 0.3 is 5.97 Å². The van der Waals surface area contributed by atoms with Crippen LogP contribution in [0.2, 0.25) is 0 Å². The zero-order valence-corrected chi connectivity index (χ0v) is 15.3. The Morgan fingerprint density at radius 1 is 1.12 bits per heavy atom. The fraction of sp³-hybridized carbons (Fsp3) is 0.619. The van der Waals surface area contributed by atoms with E-state index in [0.29, 0.717) is 5.91 Å². The van der Waals surface area contributed by atoms with Crippen LogP contribution in [0.25, 0.3) is 0 Å². The number of carboxylic acids is 1. The predicted octanol–water partition coefficient (Wildman–Crippen LogP) is 2.41. The van der Waals surface area contributed by atoms with Gasteiger partial charge in [0.2, 0.25) is 5.91 Å². The third-order valence-electron chi connectivity index (χ3n) is 6.48. The van der Waals surface area contributed by atoms with Crippen LogP contribution in [0.5, 0.6) is 0 Å². The fourth-order valence-corrected chi connectivity index (χ4v) is 4.69. The number of carbonyl (C=O) groups is 2. The van der Waals surface area contributed by atoms with Gasteiger partial charge < -0.3 is 10.0 Å². The molecule has 1 aromatic carbocycles. The van der Waals surface area contributed by atoms with Crippen LogP contribution < -0.4 is 0 Å². The molecule has 4 rings (SSSR count). The van der Waals surface area contributed by atoms with Crippen LogP contribution in [0.1, 0.15) is 37.7 Å². The summed E-state index contributed by atoms with van der Waals surface area (Å²) >= 11 is 0. The minimum absolute atomic E-state index is 0.0695. The minimum Gasteiger partial charge on any atom is -0.480 e. The lowest BCUT2D eigenvalue weighted by Gasteiger charge is -2.39. The van der Waals surface area contributed by atoms with Gasteiger partial charge in [0.1, 0.15) is 6.04 Å². The molecule has 0 aromatic heterocycles. The van der Waals surface area contributed by atoms with Crippen molar-refractivity contribution in [1.29, 1.82) is 0 Å². The maximum absolute atomic E-state index is 12.3. The van der Waals surface area contributed by atoms with Gasteiger partial charge in [-0.2, -0.15) is 0 Å². The highest BCUT2D eigenvalue weighted by Crippen LogP contribution is 2.44. The number of likely N-dealkylation sites (tertiary alicyclic amines) is 2. The Morgan fingerprint density at radius 2 is 1.81 bits per heavy atom. The topological polar surface area (TPSA) is 60.9 Å². The molecular formula is C21H28N2O3. The standard InChI is InChI=1S/C21H28N2O3/c24-19(17-6-7-17)22-12-9-21(10-13-22)14-18(20(25)26)23(15-21)11-8-16-4-2-1-3-5-16/h1-5,17-18H,6-15H2,(H,25,26)/t18-/m1/s1. The fourth-order valence-electron chi connectivity index (χ4n) is 4.69. The first-order valence-corrected chi connectivity index (χ1v) is 9.86. The zero-order valence-electron chi connectivity index (χ0n) is 15.3. The first-order chi connectivity index (χ1) is 12.6. The molecule has 0 radical (unpaired) electrons. The third kappa shape index (κ3) is 3.63. The second-order valence-corrected chi connectivity index (χ2v) is 8.36. The minimum atomic E-state index is -0.702. The van der Waals surface area contributed by atoms with Gasteiger partial charge in [-0.15, -0.1) is 0 Å². The summed E-state index contributed by atoms with van der Waals surface area (Å²) in [6, 6.07) is 9.88. The molecule has 1 saturated carbocycles. The highest BCUT2D eigenvalue weighted by Gasteiger charge is 2.48. The molecule has 1 aliphatic carbocycles. The number of amides is 1. The van der Waals surface area contributed by atoms with Gasteiger partial charge in [-0.1, -0.05) is 30.3 Å². The van der Waals surface area contributed by atoms with E-state index < -0.39 is 5.97 Å². The summed E-state index contributed by atoms with van der Waals surface area (Å²) in [6.07, 6.45) is 5.59. The molecule has 140 valence electrons. The van der Waals surface area contributed by atoms with Gasteiger partial charge in [0, 0.05) is 32.1 Å². The monoisotopic (exact) mass is 356 g/mol. The summed E-state index contributed by atoms with van der Waals surface area (Å²) in [5, 5.41) is 9.71. The molecule has 1 atom stereocenters. The highest BCUT2D eigenvalue weighted by atomic mass is 16.4. The van der Waals surface area contributed by atoms with Crippen molar-refractivity contribution in [3.05, 3.63) is 35.9 Å². The average molecular weight is 356 g/mol. The SMILES string of the molecule is O=C(O)[C@H]1CC2(CCN(C(=O)C3CC3)CC2)CN1CCc1ccccc1. The smallest absolute Gasteiger partial charge is 0.320 e. The number of hydrogen-bond donors (Lipinski definition) is 1. The first kappa shape index (κ1) is 17.5. The summed E-state index contributed by atoms with van der Waals surface area (Å²) in [6.45, 7) is 3.23. The number of carbonyl (C=O) groups excluding carboxylic acids is 1. The van der Waals surface area contributed by atoms with E-state index in [1.807, 2.05) is 23.1 Å². The van der Waals surface area contributed by atoms with Crippen molar-refractivity contribution in [3.63, 3.8) is 0 Å². The van der Waals surface area contributed by atoms with Gasteiger partial charge in [-0.25, -0.2) is 0 Å². The molecule has 5 heteroatoms. The van der Waals surface area contributed by atoms with Crippen molar-refractivity contribution >= 4 is 11.9 Å². The van der Waals surface area contributed by atoms with Crippen molar-refractivity contribution < 1.29 is 14.7 Å². The molecule has 0 bridgehead atoms. The zero-order chi connectivity index (χ0) is 18.1. The van der Waals surface area contributed by atoms with E-state index in [1.54, 1.807) is 0 Å². The van der Waals surface area contributed by atoms with Crippen molar-refractivity contribution in [2.45, 2.75) is 44.6 Å². The lowest BCUT2D eigenvalue weighted by Crippen LogP contribution is -2.44. The summed E-state index contributed by atoms with van der Waals surface area (Å²) in [5.41, 5.74) is 1.32. The Balaban J connectivity index is 1.37. The quantitative estimate of drug-likeness (QED) is 0.880. The van der Waals surface area contributed by atoms with Gasteiger partial charge in [-0.3, -0.25) is 14.5 Å². The maximum Gasteiger partial charge on any atom is 0.320 e. The highest BCUT2D eigenvalue weighted by molar-refractivity contribution is 5.81. The maximum atomic E-state index is 12.3. The number of rotatable bonds is 5. The molecule has 3 fully saturated rings. The van der Waals surface area contributed by atoms with Crippen LogP contribution in [0, 0.1) is 11.3 Å². The van der Waals surface area contributed by atoms with E-state index in [1.165, 1.54) is 5.56 Å². The molecule has 1 amide bonds. The summed E-state index contributed by atoms with van der Waals surface area (Å²) in [5.74, 6) is -0.0956. The van der Waals surface area contributed by atoms with Crippen LogP contribution in [-0.4, -0.2) is 59.0 Å². The summed E-state index contributed by atoms with van der Waals surface area (Å²) < 4.78 is 0. The number of carboxylic acid groups (broad SMARTS) is 1. The Hall–Kier alpha value is -1.88. The molecule has 26 heavy (non-hydrogen) atoms. The van der Waals surface area contributed by atoms with Gasteiger partial charge in [0.05, 0.1) is 0 Å². The largest absolute Gasteiger partial charge is 0.480 e. The van der Waals surface area contributed by atoms with Crippen LogP contribution in [0.4, 0.5) is 0 Å². The van der Waals surface area contributed by atoms with Crippen LogP contribution in [0.15, 0.2) is 30.3 Å². The number of aliphatic carboxylic acids is 1. The van der Waals surface area contributed by atoms with Crippen LogP contribution in [-0.2, 0) is 16.0 Å². The van der Waals surface area contributed by atoms with E-state index >= 15 is 0 Å². The van der Waals surface area contributed by atoms with Gasteiger partial charge in [0.15, 0.2) is 0 Å². The lowest BCUT2D eigenvalue weighted by atomic mass is 9.76. The van der Waals surface area contributed by atoms with Crippen LogP contribution >= 0.6 is 0 Å². The molecule has 1 spiro atoms. The molecular weight excluding hydrogens is 328 g/mol. The third-order valence-corrected chi connectivity index (χ3v) is 6.48. The van der Waals surface area contributed by atoms with E-state index in [-0.39, 0.29) is 17.4 Å². The Labute approximate surface area is 155 Å². The first-order valence-electron chi connectivity index (χ1n) is 9.86. The number of nitrogens with zero attached hydrogens (tertiary/aromatic N) is 2. The number of piperidine rings is 1.